The van der Waals surface area contributed by atoms with Crippen LogP contribution >= 0.6 is 23.5 Å². The normalized spacial score (nSPS) is 31.2. The second kappa shape index (κ2) is 9.25. The fourth-order valence-electron chi connectivity index (χ4n) is 4.67. The number of nitrogens with two attached hydrogens (primary N) is 1. The third-order valence-electron chi connectivity index (χ3n) is 6.03. The Labute approximate surface area is 189 Å². The lowest BCUT2D eigenvalue weighted by Gasteiger charge is -2.46. The fraction of sp³-hybridized carbons (Fsp3) is 0.600. The van der Waals surface area contributed by atoms with Gasteiger partial charge < -0.3 is 25.7 Å². The number of likely N-dealkylation sites (tertiary alicyclic amines) is 1. The van der Waals surface area contributed by atoms with E-state index in [-0.39, 0.29) is 34.9 Å². The number of aliphatic hydroxyl groups is 1. The van der Waals surface area contributed by atoms with Gasteiger partial charge in [0.05, 0.1) is 23.9 Å². The molecule has 3 rings (SSSR count). The summed E-state index contributed by atoms with van der Waals surface area (Å²) in [5.41, 5.74) is 5.14. The minimum Gasteiger partial charge on any atom is -0.477 e. The van der Waals surface area contributed by atoms with E-state index < -0.39 is 23.9 Å². The number of rotatable bonds is 8. The Morgan fingerprint density at radius 1 is 1.42 bits per heavy atom. The molecule has 0 saturated carbocycles. The molecule has 0 aromatic rings. The largest absolute Gasteiger partial charge is 0.477 e. The third kappa shape index (κ3) is 4.49. The van der Waals surface area contributed by atoms with E-state index in [0.29, 0.717) is 23.0 Å². The molecule has 170 valence electrons. The van der Waals surface area contributed by atoms with Crippen LogP contribution in [-0.2, 0) is 14.4 Å². The number of fused-ring (bicyclic) bond motifs is 1. The molecule has 0 spiro atoms. The van der Waals surface area contributed by atoms with Crippen molar-refractivity contribution in [1.29, 1.82) is 5.41 Å². The second-order valence-corrected chi connectivity index (χ2v) is 10.5. The van der Waals surface area contributed by atoms with Crippen molar-refractivity contribution in [3.63, 3.8) is 0 Å². The molecule has 5 N–H and O–H groups in total. The van der Waals surface area contributed by atoms with Gasteiger partial charge in [0.1, 0.15) is 5.70 Å². The van der Waals surface area contributed by atoms with Gasteiger partial charge in [-0.25, -0.2) is 4.79 Å². The molecule has 2 saturated heterocycles. The first-order valence-corrected chi connectivity index (χ1v) is 12.0. The van der Waals surface area contributed by atoms with Crippen LogP contribution in [0.3, 0.4) is 0 Å². The van der Waals surface area contributed by atoms with Crippen LogP contribution in [0.1, 0.15) is 27.2 Å². The quantitative estimate of drug-likeness (QED) is 0.179. The first-order chi connectivity index (χ1) is 14.5. The molecule has 2 fully saturated rings. The smallest absolute Gasteiger partial charge is 0.353 e. The van der Waals surface area contributed by atoms with Crippen molar-refractivity contribution in [2.45, 2.75) is 50.6 Å². The van der Waals surface area contributed by atoms with Crippen LogP contribution in [-0.4, -0.2) is 79.4 Å². The highest BCUT2D eigenvalue weighted by atomic mass is 32.2. The average Bonchev–Trinajstić information content (AvgIpc) is 3.17. The van der Waals surface area contributed by atoms with E-state index >= 15 is 0 Å². The number of carbonyl (C=O) groups is 3. The standard InChI is InChI=1S/C20H28N4O5S2/c1-9-16-15(10(2)25)19(27)24(16)17(20(28)29)18(9)31-13-6-12(23(7-13)11(3)21)8-30-5-4-14(22)26/h4-5,9-10,12-13,15-16,21,25H,6-8H2,1-3H3,(H2,22,26)(H,28,29)/b5-4+,21-11?/t9-,10-,12+,13+,15-,16?/m1/s1. The van der Waals surface area contributed by atoms with Gasteiger partial charge in [0.2, 0.25) is 11.8 Å². The number of nitrogens with one attached hydrogen (secondary N) is 1. The lowest BCUT2D eigenvalue weighted by atomic mass is 9.79. The van der Waals surface area contributed by atoms with E-state index in [9.17, 15) is 24.6 Å². The molecule has 3 heterocycles. The molecule has 2 amide bonds. The predicted octanol–water partition coefficient (Wildman–Crippen LogP) is 1.05. The Balaban J connectivity index is 1.75. The zero-order valence-electron chi connectivity index (χ0n) is 17.6. The highest BCUT2D eigenvalue weighted by molar-refractivity contribution is 8.03. The number of aliphatic carboxylic acids is 1. The van der Waals surface area contributed by atoms with Crippen molar-refractivity contribution >= 4 is 47.1 Å². The van der Waals surface area contributed by atoms with Crippen LogP contribution in [0.15, 0.2) is 22.1 Å². The molecular formula is C20H28N4O5S2. The van der Waals surface area contributed by atoms with E-state index in [1.54, 1.807) is 19.3 Å². The molecule has 9 nitrogen and oxygen atoms in total. The van der Waals surface area contributed by atoms with E-state index in [1.165, 1.54) is 34.5 Å². The van der Waals surface area contributed by atoms with Crippen molar-refractivity contribution < 1.29 is 24.6 Å². The maximum atomic E-state index is 12.5. The number of nitrogens with zero attached hydrogens (tertiary/aromatic N) is 2. The SMILES string of the molecule is CC(=N)N1C[C@@H](SC2=C(C(=O)O)N3C(=O)[C@H]([C@@H](C)O)C3[C@H]2C)C[C@H]1CS/C=C/C(N)=O. The maximum absolute atomic E-state index is 12.5. The van der Waals surface area contributed by atoms with Crippen molar-refractivity contribution in [3.05, 3.63) is 22.1 Å². The van der Waals surface area contributed by atoms with Gasteiger partial charge in [-0.1, -0.05) is 6.92 Å². The van der Waals surface area contributed by atoms with Gasteiger partial charge in [0.15, 0.2) is 0 Å². The summed E-state index contributed by atoms with van der Waals surface area (Å²) in [6.45, 7) is 5.80. The van der Waals surface area contributed by atoms with Crippen LogP contribution in [0.2, 0.25) is 0 Å². The summed E-state index contributed by atoms with van der Waals surface area (Å²) in [5.74, 6) is -1.61. The van der Waals surface area contributed by atoms with Crippen LogP contribution in [0.25, 0.3) is 0 Å². The third-order valence-corrected chi connectivity index (χ3v) is 8.43. The summed E-state index contributed by atoms with van der Waals surface area (Å²) in [4.78, 5) is 39.3. The number of aliphatic hydroxyl groups excluding tert-OH is 1. The summed E-state index contributed by atoms with van der Waals surface area (Å²) in [6.07, 6.45) is 1.23. The summed E-state index contributed by atoms with van der Waals surface area (Å²) >= 11 is 2.92. The molecule has 0 aromatic carbocycles. The van der Waals surface area contributed by atoms with Crippen molar-refractivity contribution in [2.75, 3.05) is 12.3 Å². The Bertz CT molecular complexity index is 859. The Hall–Kier alpha value is -1.98. The number of carboxylic acids is 1. The summed E-state index contributed by atoms with van der Waals surface area (Å²) in [6, 6.07) is -0.250. The van der Waals surface area contributed by atoms with Gasteiger partial charge in [-0.2, -0.15) is 0 Å². The Morgan fingerprint density at radius 3 is 2.65 bits per heavy atom. The first kappa shape index (κ1) is 23.7. The minimum atomic E-state index is -1.13. The second-order valence-electron chi connectivity index (χ2n) is 8.18. The monoisotopic (exact) mass is 468 g/mol. The van der Waals surface area contributed by atoms with Crippen molar-refractivity contribution in [2.24, 2.45) is 17.6 Å². The number of carboxylic acid groups (broad SMARTS) is 1. The Kier molecular flexibility index (Phi) is 7.07. The fourth-order valence-corrected chi connectivity index (χ4v) is 7.11. The maximum Gasteiger partial charge on any atom is 0.353 e. The molecule has 6 atom stereocenters. The predicted molar refractivity (Wildman–Crippen MR) is 120 cm³/mol. The van der Waals surface area contributed by atoms with E-state index in [2.05, 4.69) is 0 Å². The molecule has 0 radical (unpaired) electrons. The molecule has 3 aliphatic heterocycles. The zero-order valence-corrected chi connectivity index (χ0v) is 19.3. The van der Waals surface area contributed by atoms with E-state index in [1.807, 2.05) is 11.8 Å². The number of amides is 2. The number of primary amides is 1. The topological polar surface area (TPSA) is 148 Å². The molecule has 0 aromatic heterocycles. The molecule has 1 unspecified atom stereocenters. The van der Waals surface area contributed by atoms with Crippen molar-refractivity contribution in [3.8, 4) is 0 Å². The average molecular weight is 469 g/mol. The van der Waals surface area contributed by atoms with Gasteiger partial charge in [0.25, 0.3) is 0 Å². The number of hydrogen-bond acceptors (Lipinski definition) is 7. The molecular weight excluding hydrogens is 440 g/mol. The molecule has 0 bridgehead atoms. The highest BCUT2D eigenvalue weighted by Gasteiger charge is 2.60. The summed E-state index contributed by atoms with van der Waals surface area (Å²) in [7, 11) is 0. The lowest BCUT2D eigenvalue weighted by Crippen LogP contribution is -2.63. The Morgan fingerprint density at radius 2 is 2.10 bits per heavy atom. The van der Waals surface area contributed by atoms with Gasteiger partial charge in [0, 0.05) is 40.5 Å². The van der Waals surface area contributed by atoms with Gasteiger partial charge in [-0.15, -0.1) is 23.5 Å². The summed E-state index contributed by atoms with van der Waals surface area (Å²) < 4.78 is 0. The van der Waals surface area contributed by atoms with Crippen LogP contribution in [0.4, 0.5) is 0 Å². The summed E-state index contributed by atoms with van der Waals surface area (Å²) in [5, 5.41) is 29.6. The molecule has 3 aliphatic rings. The lowest BCUT2D eigenvalue weighted by molar-refractivity contribution is -0.163. The first-order valence-electron chi connectivity index (χ1n) is 10.1. The van der Waals surface area contributed by atoms with E-state index in [4.69, 9.17) is 11.1 Å². The molecule has 31 heavy (non-hydrogen) atoms. The number of β-lactam (4-membered cyclic amide) rings is 1. The van der Waals surface area contributed by atoms with Crippen LogP contribution in [0.5, 0.6) is 0 Å². The van der Waals surface area contributed by atoms with E-state index in [0.717, 1.165) is 6.42 Å². The van der Waals surface area contributed by atoms with Gasteiger partial charge in [-0.05, 0) is 25.7 Å². The minimum absolute atomic E-state index is 0.0322. The molecule has 11 heteroatoms. The molecule has 0 aliphatic carbocycles. The number of carbonyl (C=O) groups excluding carboxylic acids is 2. The number of hydrogen-bond donors (Lipinski definition) is 4. The van der Waals surface area contributed by atoms with Crippen molar-refractivity contribution in [1.82, 2.24) is 9.80 Å². The highest BCUT2D eigenvalue weighted by Crippen LogP contribution is 2.52. The number of thioether (sulfide) groups is 2. The van der Waals surface area contributed by atoms with Crippen LogP contribution in [0, 0.1) is 17.2 Å². The van der Waals surface area contributed by atoms with Crippen LogP contribution < -0.4 is 5.73 Å². The van der Waals surface area contributed by atoms with Gasteiger partial charge in [-0.3, -0.25) is 15.0 Å². The number of amidine groups is 1. The zero-order chi connectivity index (χ0) is 23.0. The van der Waals surface area contributed by atoms with Gasteiger partial charge >= 0.3 is 5.97 Å².